The van der Waals surface area contributed by atoms with Crippen molar-refractivity contribution in [2.24, 2.45) is 0 Å². The Kier molecular flexibility index (Phi) is 3.31. The summed E-state index contributed by atoms with van der Waals surface area (Å²) in [6.07, 6.45) is 0. The summed E-state index contributed by atoms with van der Waals surface area (Å²) in [5, 5.41) is 3.52. The zero-order valence-electron chi connectivity index (χ0n) is 11.3. The van der Waals surface area contributed by atoms with Crippen molar-refractivity contribution in [1.29, 1.82) is 0 Å². The molecule has 0 amide bonds. The molecule has 0 atom stereocenters. The summed E-state index contributed by atoms with van der Waals surface area (Å²) in [6.45, 7) is 2.06. The van der Waals surface area contributed by atoms with Crippen LogP contribution in [0.1, 0.15) is 17.4 Å². The topological polar surface area (TPSA) is 85.4 Å². The lowest BCUT2D eigenvalue weighted by molar-refractivity contribution is 0.0519. The number of esters is 1. The van der Waals surface area contributed by atoms with Gasteiger partial charge in [0.15, 0.2) is 11.5 Å². The summed E-state index contributed by atoms with van der Waals surface area (Å²) in [4.78, 5) is 16.1. The summed E-state index contributed by atoms with van der Waals surface area (Å²) in [5.74, 6) is -0.0155. The molecule has 21 heavy (non-hydrogen) atoms. The second-order valence-electron chi connectivity index (χ2n) is 4.44. The van der Waals surface area contributed by atoms with Crippen molar-refractivity contribution in [2.45, 2.75) is 6.92 Å². The number of halogens is 1. The van der Waals surface area contributed by atoms with Gasteiger partial charge in [-0.1, -0.05) is 23.7 Å². The number of nitrogens with zero attached hydrogens (tertiary/aromatic N) is 2. The highest BCUT2D eigenvalue weighted by molar-refractivity contribution is 6.30. The number of fused-ring (bicyclic) bond motifs is 1. The molecule has 0 saturated heterocycles. The van der Waals surface area contributed by atoms with Crippen LogP contribution in [-0.2, 0) is 4.74 Å². The molecule has 2 heterocycles. The molecule has 0 saturated carbocycles. The predicted octanol–water partition coefficient (Wildman–Crippen LogP) is 2.74. The first-order valence-electron chi connectivity index (χ1n) is 6.40. The fourth-order valence-electron chi connectivity index (χ4n) is 2.08. The number of benzene rings is 1. The minimum Gasteiger partial charge on any atom is -0.461 e. The Hall–Kier alpha value is -2.47. The van der Waals surface area contributed by atoms with Gasteiger partial charge in [-0.05, 0) is 19.1 Å². The van der Waals surface area contributed by atoms with Crippen LogP contribution < -0.4 is 5.73 Å². The summed E-state index contributed by atoms with van der Waals surface area (Å²) < 4.78 is 6.48. The summed E-state index contributed by atoms with van der Waals surface area (Å²) >= 11 is 5.87. The number of rotatable bonds is 3. The molecule has 3 rings (SSSR count). The van der Waals surface area contributed by atoms with Crippen LogP contribution >= 0.6 is 11.6 Å². The van der Waals surface area contributed by atoms with Crippen molar-refractivity contribution in [3.63, 3.8) is 0 Å². The zero-order chi connectivity index (χ0) is 15.0. The number of carbonyl (C=O) groups is 1. The number of hydrogen-bond donors (Lipinski definition) is 2. The van der Waals surface area contributed by atoms with Crippen LogP contribution in [0.2, 0.25) is 5.02 Å². The van der Waals surface area contributed by atoms with Gasteiger partial charge in [-0.2, -0.15) is 0 Å². The van der Waals surface area contributed by atoms with E-state index in [0.717, 1.165) is 5.56 Å². The number of nitrogens with two attached hydrogens (primary N) is 1. The van der Waals surface area contributed by atoms with E-state index in [2.05, 4.69) is 10.1 Å². The largest absolute Gasteiger partial charge is 0.461 e. The van der Waals surface area contributed by atoms with E-state index in [1.807, 2.05) is 12.1 Å². The Morgan fingerprint density at radius 1 is 1.43 bits per heavy atom. The van der Waals surface area contributed by atoms with Crippen molar-refractivity contribution >= 4 is 29.0 Å². The molecule has 0 bridgehead atoms. The molecule has 0 aliphatic heterocycles. The quantitative estimate of drug-likeness (QED) is 0.729. The summed E-state index contributed by atoms with van der Waals surface area (Å²) in [7, 11) is 0. The maximum absolute atomic E-state index is 11.7. The van der Waals surface area contributed by atoms with E-state index in [0.29, 0.717) is 34.5 Å². The Balaban J connectivity index is 2.03. The molecular formula is C14H13ClN4O2. The third kappa shape index (κ3) is 2.34. The van der Waals surface area contributed by atoms with E-state index in [1.54, 1.807) is 29.6 Å². The fraction of sp³-hybridized carbons (Fsp3) is 0.143. The molecule has 0 aliphatic rings. The Morgan fingerprint density at radius 2 is 2.14 bits per heavy atom. The minimum absolute atomic E-state index is 0.311. The van der Waals surface area contributed by atoms with E-state index in [4.69, 9.17) is 22.1 Å². The highest BCUT2D eigenvalue weighted by Crippen LogP contribution is 2.27. The average molecular weight is 305 g/mol. The molecule has 3 aromatic rings. The van der Waals surface area contributed by atoms with Gasteiger partial charge in [0.1, 0.15) is 11.4 Å². The van der Waals surface area contributed by atoms with Crippen LogP contribution in [0.25, 0.3) is 16.9 Å². The van der Waals surface area contributed by atoms with Crippen molar-refractivity contribution in [2.75, 3.05) is 12.3 Å². The molecule has 0 unspecified atom stereocenters. The van der Waals surface area contributed by atoms with E-state index in [1.165, 1.54) is 0 Å². The second kappa shape index (κ2) is 5.14. The molecule has 2 aromatic heterocycles. The first-order valence-corrected chi connectivity index (χ1v) is 6.78. The monoisotopic (exact) mass is 304 g/mol. The Labute approximate surface area is 125 Å². The predicted molar refractivity (Wildman–Crippen MR) is 80.4 cm³/mol. The van der Waals surface area contributed by atoms with Crippen molar-refractivity contribution in [3.05, 3.63) is 41.0 Å². The van der Waals surface area contributed by atoms with Gasteiger partial charge in [0.05, 0.1) is 6.61 Å². The number of ether oxygens (including phenoxy) is 1. The van der Waals surface area contributed by atoms with Crippen LogP contribution in [0, 0.1) is 0 Å². The molecule has 108 valence electrons. The SMILES string of the molecule is CCOC(=O)c1cc2nc(-c3ccc(Cl)cc3)c(N)n2[nH]1. The number of nitrogens with one attached hydrogen (secondary N) is 1. The molecule has 1 aromatic carbocycles. The van der Waals surface area contributed by atoms with E-state index < -0.39 is 5.97 Å². The maximum atomic E-state index is 11.7. The standard InChI is InChI=1S/C14H13ClN4O2/c1-2-21-14(20)10-7-11-17-12(13(16)19(11)18-10)8-3-5-9(15)6-4-8/h3-7,18H,2,16H2,1H3. The normalized spacial score (nSPS) is 11.0. The number of aromatic amines is 1. The Bertz CT molecular complexity index is 804. The van der Waals surface area contributed by atoms with Crippen molar-refractivity contribution in [1.82, 2.24) is 14.6 Å². The molecule has 3 N–H and O–H groups in total. The van der Waals surface area contributed by atoms with E-state index in [-0.39, 0.29) is 0 Å². The van der Waals surface area contributed by atoms with Crippen LogP contribution in [0.5, 0.6) is 0 Å². The zero-order valence-corrected chi connectivity index (χ0v) is 12.0. The van der Waals surface area contributed by atoms with Gasteiger partial charge in [-0.15, -0.1) is 0 Å². The number of nitrogen functional groups attached to an aromatic ring is 1. The van der Waals surface area contributed by atoms with Gasteiger partial charge in [0.2, 0.25) is 0 Å². The highest BCUT2D eigenvalue weighted by Gasteiger charge is 2.17. The molecule has 0 spiro atoms. The molecule has 6 nitrogen and oxygen atoms in total. The van der Waals surface area contributed by atoms with Gasteiger partial charge in [-0.25, -0.2) is 14.3 Å². The second-order valence-corrected chi connectivity index (χ2v) is 4.87. The molecular weight excluding hydrogens is 292 g/mol. The number of anilines is 1. The van der Waals surface area contributed by atoms with Crippen LogP contribution in [-0.4, -0.2) is 27.2 Å². The molecule has 0 radical (unpaired) electrons. The van der Waals surface area contributed by atoms with Crippen molar-refractivity contribution in [3.8, 4) is 11.3 Å². The minimum atomic E-state index is -0.435. The maximum Gasteiger partial charge on any atom is 0.356 e. The number of hydrogen-bond acceptors (Lipinski definition) is 4. The Morgan fingerprint density at radius 3 is 2.76 bits per heavy atom. The smallest absolute Gasteiger partial charge is 0.356 e. The highest BCUT2D eigenvalue weighted by atomic mass is 35.5. The van der Waals surface area contributed by atoms with Gasteiger partial charge in [-0.3, -0.25) is 5.10 Å². The third-order valence-electron chi connectivity index (χ3n) is 3.06. The van der Waals surface area contributed by atoms with Crippen LogP contribution in [0.15, 0.2) is 30.3 Å². The molecule has 7 heteroatoms. The number of H-pyrrole nitrogens is 1. The first kappa shape index (κ1) is 13.5. The third-order valence-corrected chi connectivity index (χ3v) is 3.31. The first-order chi connectivity index (χ1) is 10.1. The fourth-order valence-corrected chi connectivity index (χ4v) is 2.21. The lowest BCUT2D eigenvalue weighted by Crippen LogP contribution is -2.06. The van der Waals surface area contributed by atoms with Gasteiger partial charge in [0, 0.05) is 16.7 Å². The molecule has 0 fully saturated rings. The van der Waals surface area contributed by atoms with Gasteiger partial charge in [0.25, 0.3) is 0 Å². The summed E-state index contributed by atoms with van der Waals surface area (Å²) in [5.41, 5.74) is 8.44. The number of aromatic nitrogens is 3. The van der Waals surface area contributed by atoms with Crippen LogP contribution in [0.3, 0.4) is 0 Å². The lowest BCUT2D eigenvalue weighted by Gasteiger charge is -2.00. The summed E-state index contributed by atoms with van der Waals surface area (Å²) in [6, 6.07) is 8.83. The average Bonchev–Trinajstić information content (AvgIpc) is 3.01. The van der Waals surface area contributed by atoms with Crippen molar-refractivity contribution < 1.29 is 9.53 Å². The van der Waals surface area contributed by atoms with E-state index >= 15 is 0 Å². The molecule has 0 aliphatic carbocycles. The van der Waals surface area contributed by atoms with E-state index in [9.17, 15) is 4.79 Å². The van der Waals surface area contributed by atoms with Gasteiger partial charge >= 0.3 is 5.97 Å². The lowest BCUT2D eigenvalue weighted by atomic mass is 10.1. The van der Waals surface area contributed by atoms with Crippen LogP contribution in [0.4, 0.5) is 5.82 Å². The number of imidazole rings is 1. The number of carbonyl (C=O) groups excluding carboxylic acids is 1. The van der Waals surface area contributed by atoms with Gasteiger partial charge < -0.3 is 10.5 Å².